The molecule has 0 fully saturated rings. The molecule has 28 nitrogen and oxygen atoms in total. The molecule has 0 spiro atoms. The first-order valence-corrected chi connectivity index (χ1v) is 29.4. The van der Waals surface area contributed by atoms with Crippen LogP contribution in [0.25, 0.3) is 21.8 Å². The predicted molar refractivity (Wildman–Crippen MR) is 333 cm³/mol. The summed E-state index contributed by atoms with van der Waals surface area (Å²) >= 11 is 6.61. The molecule has 0 bridgehead atoms. The largest absolute Gasteiger partial charge is 0.508 e. The minimum Gasteiger partial charge on any atom is -0.508 e. The number of aromatic hydroxyl groups is 1. The summed E-state index contributed by atoms with van der Waals surface area (Å²) in [5, 5.41) is 24.5. The number of urea groups is 1. The second kappa shape index (κ2) is 30.6. The van der Waals surface area contributed by atoms with Gasteiger partial charge in [0.05, 0.1) is 44.4 Å². The number of nitrogens with zero attached hydrogens (tertiary/aromatic N) is 5. The maximum absolute atomic E-state index is 14.5. The number of H-pyrrole nitrogens is 1. The lowest BCUT2D eigenvalue weighted by atomic mass is 9.94. The van der Waals surface area contributed by atoms with Gasteiger partial charge >= 0.3 is 24.3 Å². The van der Waals surface area contributed by atoms with Crippen molar-refractivity contribution in [1.29, 1.82) is 0 Å². The highest BCUT2D eigenvalue weighted by Crippen LogP contribution is 2.49. The number of aromatic amines is 1. The number of phenolic OH excluding ortho intramolecular Hbond substituents is 1. The van der Waals surface area contributed by atoms with Gasteiger partial charge in [-0.2, -0.15) is 0 Å². The van der Waals surface area contributed by atoms with E-state index in [2.05, 4.69) is 36.6 Å². The molecule has 2 aromatic heterocycles. The first-order chi connectivity index (χ1) is 43.6. The number of nitrogens with two attached hydrogens (primary N) is 1. The van der Waals surface area contributed by atoms with Crippen molar-refractivity contribution >= 4 is 110 Å². The van der Waals surface area contributed by atoms with E-state index in [0.717, 1.165) is 22.6 Å². The van der Waals surface area contributed by atoms with E-state index >= 15 is 0 Å². The molecule has 6 aromatic rings. The Balaban J connectivity index is 0.834. The van der Waals surface area contributed by atoms with Crippen LogP contribution in [-0.4, -0.2) is 181 Å². The molecular formula is C62H69ClN12O16. The molecule has 2 aliphatic heterocycles. The van der Waals surface area contributed by atoms with Gasteiger partial charge < -0.3 is 80.8 Å². The Morgan fingerprint density at radius 2 is 1.54 bits per heavy atom. The fourth-order valence-electron chi connectivity index (χ4n) is 9.88. The molecule has 0 radical (unpaired) electrons. The van der Waals surface area contributed by atoms with Gasteiger partial charge in [-0.3, -0.25) is 33.7 Å². The zero-order valence-corrected chi connectivity index (χ0v) is 51.1. The number of nitrogens with one attached hydrogen (secondary N) is 6. The summed E-state index contributed by atoms with van der Waals surface area (Å²) in [7, 11) is 4.50. The van der Waals surface area contributed by atoms with Gasteiger partial charge in [0.2, 0.25) is 11.8 Å². The minimum atomic E-state index is -1.15. The molecule has 0 saturated carbocycles. The number of anilines is 3. The lowest BCUT2D eigenvalue weighted by Crippen LogP contribution is -2.54. The van der Waals surface area contributed by atoms with Crippen molar-refractivity contribution in [2.24, 2.45) is 11.7 Å². The number of carbonyl (C=O) groups is 10. The van der Waals surface area contributed by atoms with Crippen LogP contribution in [0.5, 0.6) is 17.2 Å². The number of methoxy groups -OCH3 is 1. The summed E-state index contributed by atoms with van der Waals surface area (Å²) in [4.78, 5) is 142. The number of likely N-dealkylation sites (N-methyl/N-ethyl adjacent to an activating group) is 2. The van der Waals surface area contributed by atoms with E-state index in [9.17, 15) is 53.1 Å². The molecule has 2 aliphatic rings. The Morgan fingerprint density at radius 1 is 0.824 bits per heavy atom. The Morgan fingerprint density at radius 3 is 2.22 bits per heavy atom. The van der Waals surface area contributed by atoms with Gasteiger partial charge in [-0.25, -0.2) is 24.2 Å². The average molecular weight is 1270 g/mol. The lowest BCUT2D eigenvalue weighted by molar-refractivity contribution is -0.137. The molecule has 9 N–H and O–H groups in total. The summed E-state index contributed by atoms with van der Waals surface area (Å²) in [6.45, 7) is 3.27. The van der Waals surface area contributed by atoms with Crippen molar-refractivity contribution in [3.63, 3.8) is 0 Å². The minimum absolute atomic E-state index is 0.0107. The first kappa shape index (κ1) is 66.5. The number of pyridine rings is 1. The second-order valence-electron chi connectivity index (χ2n) is 21.5. The van der Waals surface area contributed by atoms with E-state index in [4.69, 9.17) is 41.0 Å². The van der Waals surface area contributed by atoms with Crippen molar-refractivity contribution in [2.75, 3.05) is 95.2 Å². The topological polar surface area (TPSA) is 365 Å². The Kier molecular flexibility index (Phi) is 22.4. The van der Waals surface area contributed by atoms with E-state index in [1.54, 1.807) is 79.4 Å². The number of aromatic nitrogens is 2. The molecule has 4 aromatic carbocycles. The number of benzene rings is 4. The quantitative estimate of drug-likeness (QED) is 0.0168. The molecule has 0 saturated heterocycles. The van der Waals surface area contributed by atoms with Crippen LogP contribution in [0.4, 0.5) is 36.2 Å². The number of carbonyl (C=O) groups excluding carboxylic acids is 10. The van der Waals surface area contributed by atoms with Crippen LogP contribution in [0.1, 0.15) is 64.6 Å². The van der Waals surface area contributed by atoms with Crippen LogP contribution >= 0.6 is 11.6 Å². The Bertz CT molecular complexity index is 3730. The lowest BCUT2D eigenvalue weighted by Gasteiger charge is -2.25. The first-order valence-electron chi connectivity index (χ1n) is 28.8. The van der Waals surface area contributed by atoms with Gasteiger partial charge in [0.1, 0.15) is 53.9 Å². The summed E-state index contributed by atoms with van der Waals surface area (Å²) in [5.41, 5.74) is 8.52. The summed E-state index contributed by atoms with van der Waals surface area (Å²) < 4.78 is 28.0. The van der Waals surface area contributed by atoms with Crippen LogP contribution in [0.15, 0.2) is 103 Å². The number of alkyl halides is 1. The van der Waals surface area contributed by atoms with Crippen molar-refractivity contribution in [3.05, 3.63) is 126 Å². The summed E-state index contributed by atoms with van der Waals surface area (Å²) in [6.07, 6.45) is 1.63. The fourth-order valence-corrected chi connectivity index (χ4v) is 10.1. The van der Waals surface area contributed by atoms with E-state index < -0.39 is 77.8 Å². The molecule has 4 heterocycles. The van der Waals surface area contributed by atoms with Crippen LogP contribution in [-0.2, 0) is 40.0 Å². The number of alkyl carbamates (subject to hydrolysis) is 1. The number of phenols is 1. The second-order valence-corrected chi connectivity index (χ2v) is 21.8. The number of hydrogen-bond donors (Lipinski definition) is 8. The number of primary amides is 1. The van der Waals surface area contributed by atoms with Crippen LogP contribution in [0, 0.1) is 5.92 Å². The van der Waals surface area contributed by atoms with Gasteiger partial charge in [-0.05, 0) is 84.5 Å². The molecule has 0 unspecified atom stereocenters. The van der Waals surface area contributed by atoms with Crippen LogP contribution < -0.4 is 46.7 Å². The van der Waals surface area contributed by atoms with E-state index in [0.29, 0.717) is 55.7 Å². The van der Waals surface area contributed by atoms with E-state index in [1.165, 1.54) is 61.5 Å². The molecule has 8 rings (SSSR count). The van der Waals surface area contributed by atoms with Crippen LogP contribution in [0.2, 0.25) is 0 Å². The standard InChI is InChI=1S/C62H69ClN12O16/c1-35(2)53(71-60(84)89-27-26-88-25-24-74-49(77)19-20-50(74)78)57(81)70-44(9-7-21-65-59(64)83)56(80)67-40-15-11-36(12-16-40)34-90-61(85)72(3)22-23-73(4)62(86)91-48-30-46-51(52-43(48)8-6-10-47(52)87-5)39(31-63)33-75(46)58(82)45-29-38-28-41(32-66-54(38)69-45)68-55(79)37-13-17-42(76)18-14-37/h6,8,10-20,28-30,32,35,39,44,53,76H,7,9,21-27,31,33-34H2,1-5H3,(H,66,69)(H,67,80)(H,68,79)(H,70,81)(H,71,84)(H3,64,65,83)/t39-,44+,53+/m1/s1. The smallest absolute Gasteiger partial charge is 0.415 e. The third-order valence-electron chi connectivity index (χ3n) is 14.8. The average Bonchev–Trinajstić information content (AvgIpc) is 1.66. The molecule has 480 valence electrons. The molecule has 11 amide bonds. The van der Waals surface area contributed by atoms with Crippen molar-refractivity contribution in [2.45, 2.75) is 51.3 Å². The van der Waals surface area contributed by atoms with Gasteiger partial charge in [0.15, 0.2) is 0 Å². The number of hydrogen-bond acceptors (Lipinski definition) is 17. The number of imide groups is 1. The van der Waals surface area contributed by atoms with E-state index in [-0.39, 0.29) is 101 Å². The van der Waals surface area contributed by atoms with Gasteiger partial charge in [-0.15, -0.1) is 11.6 Å². The van der Waals surface area contributed by atoms with Crippen LogP contribution in [0.3, 0.4) is 0 Å². The third kappa shape index (κ3) is 17.0. The number of fused-ring (bicyclic) bond motifs is 4. The Hall–Kier alpha value is -10.5. The maximum Gasteiger partial charge on any atom is 0.415 e. The monoisotopic (exact) mass is 1270 g/mol. The van der Waals surface area contributed by atoms with Crippen molar-refractivity contribution in [3.8, 4) is 17.2 Å². The van der Waals surface area contributed by atoms with Crippen molar-refractivity contribution < 1.29 is 76.7 Å². The summed E-state index contributed by atoms with van der Waals surface area (Å²) in [5.74, 6) is -3.14. The molecule has 29 heteroatoms. The molecule has 91 heavy (non-hydrogen) atoms. The molecule has 3 atom stereocenters. The number of halogens is 1. The van der Waals surface area contributed by atoms with Gasteiger partial charge in [0, 0.05) is 97.7 Å². The molecular weight excluding hydrogens is 1200 g/mol. The van der Waals surface area contributed by atoms with Gasteiger partial charge in [-0.1, -0.05) is 38.1 Å². The van der Waals surface area contributed by atoms with E-state index in [1.807, 2.05) is 0 Å². The highest BCUT2D eigenvalue weighted by molar-refractivity contribution is 6.20. The zero-order valence-electron chi connectivity index (χ0n) is 50.4. The van der Waals surface area contributed by atoms with Crippen molar-refractivity contribution in [1.82, 2.24) is 40.6 Å². The Labute approximate surface area is 526 Å². The summed E-state index contributed by atoms with van der Waals surface area (Å²) in [6, 6.07) is 19.2. The third-order valence-corrected chi connectivity index (χ3v) is 15.1. The zero-order chi connectivity index (χ0) is 65.5. The maximum atomic E-state index is 14.5. The van der Waals surface area contributed by atoms with Gasteiger partial charge in [0.25, 0.3) is 23.6 Å². The number of amides is 11. The predicted octanol–water partition coefficient (Wildman–Crippen LogP) is 5.93. The number of rotatable bonds is 27. The number of ether oxygens (including phenoxy) is 5. The fraction of sp³-hybridized carbons (Fsp3) is 0.339. The highest BCUT2D eigenvalue weighted by Gasteiger charge is 2.38. The normalized spacial score (nSPS) is 13.9. The molecule has 0 aliphatic carbocycles. The SMILES string of the molecule is COc1cccc2c(OC(=O)N(C)CCN(C)C(=O)OCc3ccc(NC(=O)[C@H](CCCNC(N)=O)NC(=O)[C@@H](NC(=O)OCCOCCN4C(=O)C=CC4=O)C(C)C)cc3)cc3c(c12)[C@H](CCl)CN3C(=O)c1cc2cc(NC(=O)c3ccc(O)cc3)cnc2[nH]1. The highest BCUT2D eigenvalue weighted by atomic mass is 35.5.